The molecule has 0 saturated heterocycles. The highest BCUT2D eigenvalue weighted by atomic mass is 16.3. The van der Waals surface area contributed by atoms with E-state index in [9.17, 15) is 5.11 Å². The summed E-state index contributed by atoms with van der Waals surface area (Å²) in [7, 11) is 0. The van der Waals surface area contributed by atoms with Gasteiger partial charge in [-0.25, -0.2) is 0 Å². The number of aromatic nitrogens is 2. The van der Waals surface area contributed by atoms with Gasteiger partial charge in [0.2, 0.25) is 0 Å². The maximum absolute atomic E-state index is 10.3. The number of hydrogen-bond donors (Lipinski definition) is 1. The van der Waals surface area contributed by atoms with E-state index < -0.39 is 0 Å². The fourth-order valence-corrected chi connectivity index (χ4v) is 2.89. The first-order valence-electron chi connectivity index (χ1n) is 6.71. The van der Waals surface area contributed by atoms with Gasteiger partial charge in [-0.05, 0) is 30.0 Å². The lowest BCUT2D eigenvalue weighted by molar-refractivity contribution is 0.145. The number of fused-ring (bicyclic) bond motifs is 1. The van der Waals surface area contributed by atoms with Crippen LogP contribution in [0.25, 0.3) is 11.0 Å². The predicted octanol–water partition coefficient (Wildman–Crippen LogP) is 3.24. The summed E-state index contributed by atoms with van der Waals surface area (Å²) in [5.74, 6) is 0.692. The molecular formula is C15H18N2O. The van der Waals surface area contributed by atoms with Crippen LogP contribution in [-0.2, 0) is 0 Å². The number of aliphatic hydroxyl groups is 1. The van der Waals surface area contributed by atoms with Gasteiger partial charge in [0.15, 0.2) is 0 Å². The van der Waals surface area contributed by atoms with Gasteiger partial charge in [0.25, 0.3) is 0 Å². The van der Waals surface area contributed by atoms with Crippen LogP contribution in [0.5, 0.6) is 0 Å². The number of hydrogen-bond acceptors (Lipinski definition) is 3. The molecule has 0 bridgehead atoms. The first-order valence-corrected chi connectivity index (χ1v) is 6.71. The summed E-state index contributed by atoms with van der Waals surface area (Å²) in [4.78, 5) is 8.52. The van der Waals surface area contributed by atoms with Gasteiger partial charge in [-0.15, -0.1) is 0 Å². The van der Waals surface area contributed by atoms with Crippen LogP contribution in [0.2, 0.25) is 0 Å². The Morgan fingerprint density at radius 2 is 1.83 bits per heavy atom. The van der Waals surface area contributed by atoms with Crippen LogP contribution in [0.1, 0.15) is 43.8 Å². The molecule has 1 aliphatic rings. The van der Waals surface area contributed by atoms with Crippen molar-refractivity contribution >= 4 is 11.0 Å². The zero-order valence-corrected chi connectivity index (χ0v) is 10.4. The summed E-state index contributed by atoms with van der Waals surface area (Å²) >= 11 is 0. The maximum Gasteiger partial charge on any atom is 0.0890 e. The predicted molar refractivity (Wildman–Crippen MR) is 71.1 cm³/mol. The third kappa shape index (κ3) is 2.36. The maximum atomic E-state index is 10.3. The molecule has 0 spiro atoms. The lowest BCUT2D eigenvalue weighted by Crippen LogP contribution is -2.04. The van der Waals surface area contributed by atoms with Crippen LogP contribution >= 0.6 is 0 Å². The van der Waals surface area contributed by atoms with Gasteiger partial charge in [0.05, 0.1) is 17.1 Å². The van der Waals surface area contributed by atoms with Gasteiger partial charge in [-0.1, -0.05) is 31.7 Å². The number of aliphatic hydroxyl groups excluding tert-OH is 1. The van der Waals surface area contributed by atoms with Crippen LogP contribution in [0, 0.1) is 5.92 Å². The van der Waals surface area contributed by atoms with Crippen molar-refractivity contribution in [3.8, 4) is 0 Å². The molecule has 3 heteroatoms. The highest BCUT2D eigenvalue weighted by Crippen LogP contribution is 2.33. The van der Waals surface area contributed by atoms with Crippen molar-refractivity contribution in [2.75, 3.05) is 0 Å². The van der Waals surface area contributed by atoms with Crippen LogP contribution < -0.4 is 0 Å². The molecule has 1 aromatic heterocycles. The third-order valence-electron chi connectivity index (χ3n) is 3.91. The Morgan fingerprint density at radius 1 is 1.11 bits per heavy atom. The SMILES string of the molecule is OC(CC1CCCC1)c1ccc2nccnc2c1. The second-order valence-electron chi connectivity index (χ2n) is 5.21. The number of nitrogens with zero attached hydrogens (tertiary/aromatic N) is 2. The Kier molecular flexibility index (Phi) is 3.24. The summed E-state index contributed by atoms with van der Waals surface area (Å²) in [6.45, 7) is 0. The molecule has 3 rings (SSSR count). The van der Waals surface area contributed by atoms with Gasteiger partial charge < -0.3 is 5.11 Å². The molecule has 0 aliphatic heterocycles. The largest absolute Gasteiger partial charge is 0.388 e. The highest BCUT2D eigenvalue weighted by molar-refractivity contribution is 5.74. The quantitative estimate of drug-likeness (QED) is 0.898. The molecule has 94 valence electrons. The Bertz CT molecular complexity index is 535. The standard InChI is InChI=1S/C15H18N2O/c18-15(9-11-3-1-2-4-11)12-5-6-13-14(10-12)17-8-7-16-13/h5-8,10-11,15,18H,1-4,9H2. The van der Waals surface area contributed by atoms with Crippen molar-refractivity contribution < 1.29 is 5.11 Å². The van der Waals surface area contributed by atoms with Crippen LogP contribution in [0.4, 0.5) is 0 Å². The molecule has 1 saturated carbocycles. The zero-order chi connectivity index (χ0) is 12.4. The van der Waals surface area contributed by atoms with Gasteiger partial charge in [-0.3, -0.25) is 9.97 Å². The van der Waals surface area contributed by atoms with E-state index in [1.54, 1.807) is 12.4 Å². The molecule has 1 unspecified atom stereocenters. The molecule has 1 heterocycles. The molecule has 3 nitrogen and oxygen atoms in total. The van der Waals surface area contributed by atoms with Crippen LogP contribution in [-0.4, -0.2) is 15.1 Å². The van der Waals surface area contributed by atoms with E-state index in [-0.39, 0.29) is 6.10 Å². The molecule has 1 aromatic carbocycles. The first kappa shape index (κ1) is 11.6. The Labute approximate surface area is 107 Å². The van der Waals surface area contributed by atoms with Crippen molar-refractivity contribution in [1.29, 1.82) is 0 Å². The first-order chi connectivity index (χ1) is 8.83. The van der Waals surface area contributed by atoms with Gasteiger partial charge in [0, 0.05) is 12.4 Å². The van der Waals surface area contributed by atoms with E-state index in [0.29, 0.717) is 5.92 Å². The fraction of sp³-hybridized carbons (Fsp3) is 0.467. The zero-order valence-electron chi connectivity index (χ0n) is 10.4. The second kappa shape index (κ2) is 5.02. The second-order valence-corrected chi connectivity index (χ2v) is 5.21. The Balaban J connectivity index is 1.80. The number of benzene rings is 1. The van der Waals surface area contributed by atoms with E-state index >= 15 is 0 Å². The van der Waals surface area contributed by atoms with Gasteiger partial charge in [-0.2, -0.15) is 0 Å². The van der Waals surface area contributed by atoms with E-state index in [1.807, 2.05) is 18.2 Å². The van der Waals surface area contributed by atoms with Crippen molar-refractivity contribution in [2.45, 2.75) is 38.2 Å². The molecule has 1 aliphatic carbocycles. The van der Waals surface area contributed by atoms with E-state index in [2.05, 4.69) is 9.97 Å². The van der Waals surface area contributed by atoms with Crippen molar-refractivity contribution in [2.24, 2.45) is 5.92 Å². The van der Waals surface area contributed by atoms with Crippen molar-refractivity contribution in [3.05, 3.63) is 36.2 Å². The average molecular weight is 242 g/mol. The fourth-order valence-electron chi connectivity index (χ4n) is 2.89. The Hall–Kier alpha value is -1.48. The third-order valence-corrected chi connectivity index (χ3v) is 3.91. The molecule has 0 amide bonds. The topological polar surface area (TPSA) is 46.0 Å². The summed E-state index contributed by atoms with van der Waals surface area (Å²) in [6.07, 6.45) is 9.08. The van der Waals surface area contributed by atoms with Gasteiger partial charge >= 0.3 is 0 Å². The minimum absolute atomic E-state index is 0.362. The number of rotatable bonds is 3. The summed E-state index contributed by atoms with van der Waals surface area (Å²) in [5, 5.41) is 10.3. The smallest absolute Gasteiger partial charge is 0.0890 e. The summed E-state index contributed by atoms with van der Waals surface area (Å²) in [5.41, 5.74) is 2.71. The van der Waals surface area contributed by atoms with Crippen molar-refractivity contribution in [1.82, 2.24) is 9.97 Å². The molecule has 0 radical (unpaired) electrons. The lowest BCUT2D eigenvalue weighted by Gasteiger charge is -2.15. The summed E-state index contributed by atoms with van der Waals surface area (Å²) < 4.78 is 0. The van der Waals surface area contributed by atoms with E-state index in [4.69, 9.17) is 0 Å². The normalized spacial score (nSPS) is 18.3. The van der Waals surface area contributed by atoms with Crippen LogP contribution in [0.15, 0.2) is 30.6 Å². The van der Waals surface area contributed by atoms with Crippen molar-refractivity contribution in [3.63, 3.8) is 0 Å². The van der Waals surface area contributed by atoms with E-state index in [0.717, 1.165) is 23.0 Å². The molecule has 1 fully saturated rings. The Morgan fingerprint density at radius 3 is 2.61 bits per heavy atom. The highest BCUT2D eigenvalue weighted by Gasteiger charge is 2.19. The molecule has 1 atom stereocenters. The average Bonchev–Trinajstić information content (AvgIpc) is 2.91. The molecular weight excluding hydrogens is 224 g/mol. The molecule has 1 N–H and O–H groups in total. The molecule has 2 aromatic rings. The van der Waals surface area contributed by atoms with Crippen LogP contribution in [0.3, 0.4) is 0 Å². The monoisotopic (exact) mass is 242 g/mol. The minimum atomic E-state index is -0.362. The molecule has 18 heavy (non-hydrogen) atoms. The summed E-state index contributed by atoms with van der Waals surface area (Å²) in [6, 6.07) is 5.87. The van der Waals surface area contributed by atoms with E-state index in [1.165, 1.54) is 25.7 Å². The minimum Gasteiger partial charge on any atom is -0.388 e. The van der Waals surface area contributed by atoms with Gasteiger partial charge in [0.1, 0.15) is 0 Å². The lowest BCUT2D eigenvalue weighted by atomic mass is 9.95.